The number of hydrogen-bond acceptors (Lipinski definition) is 5. The molecule has 1 N–H and O–H groups in total. The fraction of sp³-hybridized carbons (Fsp3) is 0.360. The summed E-state index contributed by atoms with van der Waals surface area (Å²) in [5.74, 6) is 1.78. The Bertz CT molecular complexity index is 1060. The van der Waals surface area contributed by atoms with Crippen molar-refractivity contribution in [2.75, 3.05) is 43.1 Å². The van der Waals surface area contributed by atoms with Crippen LogP contribution in [0.2, 0.25) is 0 Å². The summed E-state index contributed by atoms with van der Waals surface area (Å²) in [5, 5.41) is 5.02. The zero-order valence-electron chi connectivity index (χ0n) is 18.5. The molecule has 1 unspecified atom stereocenters. The first-order chi connectivity index (χ1) is 15.1. The second kappa shape index (κ2) is 9.25. The Kier molecular flexibility index (Phi) is 6.26. The van der Waals surface area contributed by atoms with Gasteiger partial charge in [-0.2, -0.15) is 0 Å². The highest BCUT2D eigenvalue weighted by molar-refractivity contribution is 6.09. The molecule has 1 saturated heterocycles. The predicted molar refractivity (Wildman–Crippen MR) is 126 cm³/mol. The number of nitrogens with one attached hydrogen (secondary N) is 1. The third-order valence-corrected chi connectivity index (χ3v) is 6.01. The zero-order chi connectivity index (χ0) is 21.8. The maximum absolute atomic E-state index is 12.8. The van der Waals surface area contributed by atoms with Gasteiger partial charge in [0.1, 0.15) is 11.6 Å². The van der Waals surface area contributed by atoms with E-state index in [1.165, 1.54) is 0 Å². The summed E-state index contributed by atoms with van der Waals surface area (Å²) in [5.41, 5.74) is 1.76. The molecular formula is C25H30N4O2. The molecule has 0 bridgehead atoms. The number of hydrogen-bond donors (Lipinski definition) is 1. The average Bonchev–Trinajstić information content (AvgIpc) is 2.83. The first kappa shape index (κ1) is 21.0. The third kappa shape index (κ3) is 4.29. The fourth-order valence-corrected chi connectivity index (χ4v) is 4.06. The molecule has 3 aromatic rings. The molecule has 1 aliphatic heterocycles. The van der Waals surface area contributed by atoms with E-state index in [4.69, 9.17) is 9.72 Å². The molecule has 0 aliphatic carbocycles. The van der Waals surface area contributed by atoms with Crippen LogP contribution in [0.5, 0.6) is 5.75 Å². The monoisotopic (exact) mass is 418 g/mol. The highest BCUT2D eigenvalue weighted by atomic mass is 16.5. The van der Waals surface area contributed by atoms with Gasteiger partial charge in [0, 0.05) is 43.8 Å². The summed E-state index contributed by atoms with van der Waals surface area (Å²) in [7, 11) is 1.71. The van der Waals surface area contributed by atoms with Crippen LogP contribution in [0.15, 0.2) is 54.7 Å². The predicted octanol–water partition coefficient (Wildman–Crippen LogP) is 4.10. The molecule has 2 heterocycles. The van der Waals surface area contributed by atoms with Gasteiger partial charge in [0.15, 0.2) is 0 Å². The van der Waals surface area contributed by atoms with Crippen molar-refractivity contribution in [1.82, 2.24) is 10.3 Å². The highest BCUT2D eigenvalue weighted by Crippen LogP contribution is 2.31. The Morgan fingerprint density at radius 2 is 1.68 bits per heavy atom. The van der Waals surface area contributed by atoms with Gasteiger partial charge in [0.25, 0.3) is 5.91 Å². The maximum Gasteiger partial charge on any atom is 0.253 e. The van der Waals surface area contributed by atoms with E-state index >= 15 is 0 Å². The second-order valence-electron chi connectivity index (χ2n) is 7.97. The van der Waals surface area contributed by atoms with Crippen molar-refractivity contribution in [3.8, 4) is 5.75 Å². The van der Waals surface area contributed by atoms with Gasteiger partial charge < -0.3 is 19.9 Å². The van der Waals surface area contributed by atoms with Gasteiger partial charge in [-0.15, -0.1) is 0 Å². The molecule has 0 radical (unpaired) electrons. The fourth-order valence-electron chi connectivity index (χ4n) is 4.06. The molecule has 4 rings (SSSR count). The number of para-hydroxylation sites is 2. The molecule has 0 spiro atoms. The lowest BCUT2D eigenvalue weighted by molar-refractivity contribution is 0.0940. The zero-order valence-corrected chi connectivity index (χ0v) is 18.5. The van der Waals surface area contributed by atoms with Gasteiger partial charge in [0.05, 0.1) is 18.4 Å². The number of amides is 1. The molecule has 6 heteroatoms. The van der Waals surface area contributed by atoms with Crippen molar-refractivity contribution in [3.05, 3.63) is 60.3 Å². The minimum absolute atomic E-state index is 0.0643. The number of methoxy groups -OCH3 is 1. The second-order valence-corrected chi connectivity index (χ2v) is 7.97. The van der Waals surface area contributed by atoms with Gasteiger partial charge in [-0.05, 0) is 30.9 Å². The first-order valence-electron chi connectivity index (χ1n) is 10.9. The SMILES string of the molecule is CCC(C)NC(=O)c1cnc(N2CCN(c3ccccc3OC)CC2)c2ccccc12. The van der Waals surface area contributed by atoms with Crippen LogP contribution in [-0.2, 0) is 0 Å². The van der Waals surface area contributed by atoms with Crippen molar-refractivity contribution in [1.29, 1.82) is 0 Å². The molecule has 6 nitrogen and oxygen atoms in total. The standard InChI is InChI=1S/C25H30N4O2/c1-4-18(2)27-25(30)21-17-26-24(20-10-6-5-9-19(20)21)29-15-13-28(14-16-29)22-11-7-8-12-23(22)31-3/h5-12,17-18H,4,13-16H2,1-3H3,(H,27,30). The van der Waals surface area contributed by atoms with E-state index in [-0.39, 0.29) is 11.9 Å². The number of rotatable bonds is 6. The number of pyridine rings is 1. The van der Waals surface area contributed by atoms with Gasteiger partial charge >= 0.3 is 0 Å². The Morgan fingerprint density at radius 3 is 2.39 bits per heavy atom. The van der Waals surface area contributed by atoms with Crippen LogP contribution >= 0.6 is 0 Å². The molecule has 2 aromatic carbocycles. The van der Waals surface area contributed by atoms with Crippen LogP contribution in [0.3, 0.4) is 0 Å². The van der Waals surface area contributed by atoms with E-state index in [0.717, 1.165) is 60.6 Å². The van der Waals surface area contributed by atoms with Crippen LogP contribution in [0.4, 0.5) is 11.5 Å². The quantitative estimate of drug-likeness (QED) is 0.653. The van der Waals surface area contributed by atoms with E-state index < -0.39 is 0 Å². The van der Waals surface area contributed by atoms with Crippen molar-refractivity contribution in [2.24, 2.45) is 0 Å². The van der Waals surface area contributed by atoms with Crippen LogP contribution in [0.1, 0.15) is 30.6 Å². The smallest absolute Gasteiger partial charge is 0.253 e. The number of fused-ring (bicyclic) bond motifs is 1. The molecular weight excluding hydrogens is 388 g/mol. The first-order valence-corrected chi connectivity index (χ1v) is 10.9. The van der Waals surface area contributed by atoms with Crippen LogP contribution in [0, 0.1) is 0 Å². The summed E-state index contributed by atoms with van der Waals surface area (Å²) in [6.07, 6.45) is 2.62. The lowest BCUT2D eigenvalue weighted by Crippen LogP contribution is -2.47. The van der Waals surface area contributed by atoms with Crippen LogP contribution in [0.25, 0.3) is 10.8 Å². The number of aromatic nitrogens is 1. The Balaban J connectivity index is 1.57. The van der Waals surface area contributed by atoms with E-state index in [0.29, 0.717) is 5.56 Å². The van der Waals surface area contributed by atoms with E-state index in [1.54, 1.807) is 13.3 Å². The van der Waals surface area contributed by atoms with Crippen molar-refractivity contribution in [3.63, 3.8) is 0 Å². The van der Waals surface area contributed by atoms with Crippen LogP contribution in [-0.4, -0.2) is 50.2 Å². The van der Waals surface area contributed by atoms with Crippen LogP contribution < -0.4 is 19.9 Å². The lowest BCUT2D eigenvalue weighted by Gasteiger charge is -2.37. The number of anilines is 2. The molecule has 1 atom stereocenters. The maximum atomic E-state index is 12.8. The van der Waals surface area contributed by atoms with Gasteiger partial charge in [0.2, 0.25) is 0 Å². The van der Waals surface area contributed by atoms with Crippen molar-refractivity contribution < 1.29 is 9.53 Å². The largest absolute Gasteiger partial charge is 0.495 e. The molecule has 31 heavy (non-hydrogen) atoms. The van der Waals surface area contributed by atoms with Crippen molar-refractivity contribution >= 4 is 28.2 Å². The number of carbonyl (C=O) groups excluding carboxylic acids is 1. The molecule has 1 aromatic heterocycles. The number of nitrogens with zero attached hydrogens (tertiary/aromatic N) is 3. The summed E-state index contributed by atoms with van der Waals surface area (Å²) in [4.78, 5) is 22.2. The number of ether oxygens (including phenoxy) is 1. The lowest BCUT2D eigenvalue weighted by atomic mass is 10.1. The van der Waals surface area contributed by atoms with E-state index in [1.807, 2.05) is 43.3 Å². The Labute approximate surface area is 183 Å². The molecule has 1 amide bonds. The highest BCUT2D eigenvalue weighted by Gasteiger charge is 2.23. The molecule has 1 fully saturated rings. The van der Waals surface area contributed by atoms with Crippen molar-refractivity contribution in [2.45, 2.75) is 26.3 Å². The van der Waals surface area contributed by atoms with E-state index in [9.17, 15) is 4.79 Å². The minimum Gasteiger partial charge on any atom is -0.495 e. The molecule has 1 aliphatic rings. The van der Waals surface area contributed by atoms with Gasteiger partial charge in [-0.3, -0.25) is 4.79 Å². The number of piperazine rings is 1. The molecule has 162 valence electrons. The molecule has 0 saturated carbocycles. The summed E-state index contributed by atoms with van der Waals surface area (Å²) >= 11 is 0. The normalized spacial score (nSPS) is 15.1. The third-order valence-electron chi connectivity index (χ3n) is 6.01. The van der Waals surface area contributed by atoms with Gasteiger partial charge in [-0.25, -0.2) is 4.98 Å². The Morgan fingerprint density at radius 1 is 1.03 bits per heavy atom. The Hall–Kier alpha value is -3.28. The summed E-state index contributed by atoms with van der Waals surface area (Å²) in [6, 6.07) is 16.3. The number of carbonyl (C=O) groups is 1. The van der Waals surface area contributed by atoms with Gasteiger partial charge in [-0.1, -0.05) is 43.3 Å². The number of benzene rings is 2. The van der Waals surface area contributed by atoms with E-state index in [2.05, 4.69) is 34.2 Å². The summed E-state index contributed by atoms with van der Waals surface area (Å²) in [6.45, 7) is 7.55. The summed E-state index contributed by atoms with van der Waals surface area (Å²) < 4.78 is 5.53. The topological polar surface area (TPSA) is 57.7 Å². The average molecular weight is 419 g/mol. The minimum atomic E-state index is -0.0643.